The van der Waals surface area contributed by atoms with Crippen molar-refractivity contribution in [2.45, 2.75) is 19.4 Å². The molecule has 5 heteroatoms. The maximum atomic E-state index is 10.5. The van der Waals surface area contributed by atoms with Gasteiger partial charge in [0, 0.05) is 6.20 Å². The Morgan fingerprint density at radius 3 is 3.00 bits per heavy atom. The van der Waals surface area contributed by atoms with Gasteiger partial charge >= 0.3 is 5.97 Å². The molecule has 0 fully saturated rings. The molecule has 1 atom stereocenters. The third-order valence-electron chi connectivity index (χ3n) is 1.88. The van der Waals surface area contributed by atoms with Crippen molar-refractivity contribution in [3.8, 4) is 0 Å². The summed E-state index contributed by atoms with van der Waals surface area (Å²) in [5.74, 6) is -0.953. The lowest BCUT2D eigenvalue weighted by molar-refractivity contribution is 0.0696. The molecule has 1 unspecified atom stereocenters. The van der Waals surface area contributed by atoms with Crippen molar-refractivity contribution in [1.82, 2.24) is 9.78 Å². The first-order valence-corrected chi connectivity index (χ1v) is 4.12. The third-order valence-corrected chi connectivity index (χ3v) is 1.88. The van der Waals surface area contributed by atoms with Crippen LogP contribution in [0.15, 0.2) is 12.4 Å². The van der Waals surface area contributed by atoms with E-state index < -0.39 is 5.97 Å². The number of rotatable bonds is 4. The predicted molar refractivity (Wildman–Crippen MR) is 47.6 cm³/mol. The Bertz CT molecular complexity index is 295. The molecule has 1 aromatic heterocycles. The Kier molecular flexibility index (Phi) is 3.02. The van der Waals surface area contributed by atoms with Crippen molar-refractivity contribution in [2.24, 2.45) is 5.73 Å². The van der Waals surface area contributed by atoms with E-state index in [9.17, 15) is 4.79 Å². The highest BCUT2D eigenvalue weighted by Gasteiger charge is 2.09. The van der Waals surface area contributed by atoms with Crippen molar-refractivity contribution in [3.05, 3.63) is 18.0 Å². The van der Waals surface area contributed by atoms with E-state index >= 15 is 0 Å². The number of aromatic nitrogens is 2. The summed E-state index contributed by atoms with van der Waals surface area (Å²) in [4.78, 5) is 10.5. The van der Waals surface area contributed by atoms with E-state index in [1.54, 1.807) is 4.68 Å². The van der Waals surface area contributed by atoms with Crippen molar-refractivity contribution in [1.29, 1.82) is 0 Å². The monoisotopic (exact) mass is 183 g/mol. The van der Waals surface area contributed by atoms with Gasteiger partial charge in [0.15, 0.2) is 0 Å². The fraction of sp³-hybridized carbons (Fsp3) is 0.500. The first-order chi connectivity index (χ1) is 6.15. The minimum Gasteiger partial charge on any atom is -0.478 e. The zero-order valence-electron chi connectivity index (χ0n) is 7.47. The molecule has 13 heavy (non-hydrogen) atoms. The normalized spacial score (nSPS) is 12.8. The molecule has 0 aliphatic rings. The number of carboxylic acids is 1. The first kappa shape index (κ1) is 9.73. The van der Waals surface area contributed by atoms with E-state index in [-0.39, 0.29) is 11.6 Å². The van der Waals surface area contributed by atoms with Crippen molar-refractivity contribution < 1.29 is 9.90 Å². The van der Waals surface area contributed by atoms with Crippen LogP contribution in [0.2, 0.25) is 0 Å². The molecule has 0 saturated heterocycles. The number of hydrogen-bond acceptors (Lipinski definition) is 3. The molecule has 5 nitrogen and oxygen atoms in total. The minimum atomic E-state index is -0.953. The quantitative estimate of drug-likeness (QED) is 0.711. The average Bonchev–Trinajstić information content (AvgIpc) is 2.52. The van der Waals surface area contributed by atoms with E-state index in [4.69, 9.17) is 10.8 Å². The van der Waals surface area contributed by atoms with Crippen LogP contribution in [0.25, 0.3) is 0 Å². The number of hydrogen-bond donors (Lipinski definition) is 2. The lowest BCUT2D eigenvalue weighted by atomic mass is 10.2. The zero-order valence-corrected chi connectivity index (χ0v) is 7.47. The number of aromatic carboxylic acids is 1. The highest BCUT2D eigenvalue weighted by molar-refractivity contribution is 5.86. The van der Waals surface area contributed by atoms with Crippen LogP contribution in [-0.4, -0.2) is 27.4 Å². The molecular weight excluding hydrogens is 170 g/mol. The molecule has 3 N–H and O–H groups in total. The second kappa shape index (κ2) is 4.04. The molecular formula is C8H13N3O2. The molecule has 0 aliphatic carbocycles. The smallest absolute Gasteiger partial charge is 0.338 e. The standard InChI is InChI=1S/C8H13N3O2/c1-6(2-3-9)11-5-7(4-10-11)8(12)13/h4-6H,2-3,9H2,1H3,(H,12,13). The summed E-state index contributed by atoms with van der Waals surface area (Å²) in [5, 5.41) is 12.6. The largest absolute Gasteiger partial charge is 0.478 e. The van der Waals surface area contributed by atoms with E-state index in [1.807, 2.05) is 6.92 Å². The zero-order chi connectivity index (χ0) is 9.84. The van der Waals surface area contributed by atoms with Gasteiger partial charge < -0.3 is 10.8 Å². The molecule has 0 spiro atoms. The Hall–Kier alpha value is -1.36. The summed E-state index contributed by atoms with van der Waals surface area (Å²) in [6, 6.07) is 0.151. The van der Waals surface area contributed by atoms with E-state index in [1.165, 1.54) is 12.4 Å². The number of nitrogens with two attached hydrogens (primary N) is 1. The molecule has 0 aliphatic heterocycles. The van der Waals surface area contributed by atoms with E-state index in [0.29, 0.717) is 6.54 Å². The lowest BCUT2D eigenvalue weighted by Gasteiger charge is -2.09. The molecule has 1 heterocycles. The second-order valence-electron chi connectivity index (χ2n) is 2.94. The van der Waals surface area contributed by atoms with Crippen LogP contribution in [-0.2, 0) is 0 Å². The van der Waals surface area contributed by atoms with Crippen LogP contribution >= 0.6 is 0 Å². The minimum absolute atomic E-state index is 0.151. The Labute approximate surface area is 76.2 Å². The Balaban J connectivity index is 2.73. The van der Waals surface area contributed by atoms with Crippen LogP contribution < -0.4 is 5.73 Å². The third kappa shape index (κ3) is 2.29. The van der Waals surface area contributed by atoms with Crippen LogP contribution in [0, 0.1) is 0 Å². The summed E-state index contributed by atoms with van der Waals surface area (Å²) < 4.78 is 1.62. The maximum absolute atomic E-state index is 10.5. The lowest BCUT2D eigenvalue weighted by Crippen LogP contribution is -2.11. The highest BCUT2D eigenvalue weighted by atomic mass is 16.4. The molecule has 0 amide bonds. The second-order valence-corrected chi connectivity index (χ2v) is 2.94. The van der Waals surface area contributed by atoms with Gasteiger partial charge in [0.1, 0.15) is 0 Å². The van der Waals surface area contributed by atoms with Crippen LogP contribution in [0.1, 0.15) is 29.7 Å². The molecule has 0 radical (unpaired) electrons. The summed E-state index contributed by atoms with van der Waals surface area (Å²) >= 11 is 0. The molecule has 1 rings (SSSR count). The van der Waals surface area contributed by atoms with Crippen LogP contribution in [0.3, 0.4) is 0 Å². The number of nitrogens with zero attached hydrogens (tertiary/aromatic N) is 2. The number of carbonyl (C=O) groups is 1. The van der Waals surface area contributed by atoms with Gasteiger partial charge in [-0.05, 0) is 19.9 Å². The van der Waals surface area contributed by atoms with Crippen molar-refractivity contribution in [3.63, 3.8) is 0 Å². The van der Waals surface area contributed by atoms with Gasteiger partial charge in [-0.25, -0.2) is 4.79 Å². The van der Waals surface area contributed by atoms with E-state index in [2.05, 4.69) is 5.10 Å². The molecule has 0 saturated carbocycles. The van der Waals surface area contributed by atoms with Crippen LogP contribution in [0.5, 0.6) is 0 Å². The summed E-state index contributed by atoms with van der Waals surface area (Å²) in [6.45, 7) is 2.52. The van der Waals surface area contributed by atoms with Gasteiger partial charge in [-0.2, -0.15) is 5.10 Å². The van der Waals surface area contributed by atoms with Gasteiger partial charge in [0.25, 0.3) is 0 Å². The average molecular weight is 183 g/mol. The predicted octanol–water partition coefficient (Wildman–Crippen LogP) is 0.491. The highest BCUT2D eigenvalue weighted by Crippen LogP contribution is 2.09. The summed E-state index contributed by atoms with van der Waals surface area (Å²) in [6.07, 6.45) is 3.65. The van der Waals surface area contributed by atoms with Gasteiger partial charge in [-0.3, -0.25) is 4.68 Å². The van der Waals surface area contributed by atoms with Gasteiger partial charge in [0.2, 0.25) is 0 Å². The Morgan fingerprint density at radius 1 is 1.85 bits per heavy atom. The van der Waals surface area contributed by atoms with Gasteiger partial charge in [-0.1, -0.05) is 0 Å². The fourth-order valence-electron chi connectivity index (χ4n) is 1.06. The molecule has 0 aromatic carbocycles. The molecule has 1 aromatic rings. The SMILES string of the molecule is CC(CCN)n1cc(C(=O)O)cn1. The first-order valence-electron chi connectivity index (χ1n) is 4.12. The van der Waals surface area contributed by atoms with Crippen molar-refractivity contribution >= 4 is 5.97 Å². The molecule has 72 valence electrons. The topological polar surface area (TPSA) is 81.1 Å². The number of carboxylic acid groups (broad SMARTS) is 1. The van der Waals surface area contributed by atoms with Crippen molar-refractivity contribution in [2.75, 3.05) is 6.54 Å². The summed E-state index contributed by atoms with van der Waals surface area (Å²) in [7, 11) is 0. The van der Waals surface area contributed by atoms with Gasteiger partial charge in [0.05, 0.1) is 17.8 Å². The van der Waals surface area contributed by atoms with Crippen LogP contribution in [0.4, 0.5) is 0 Å². The van der Waals surface area contributed by atoms with Gasteiger partial charge in [-0.15, -0.1) is 0 Å². The Morgan fingerprint density at radius 2 is 2.54 bits per heavy atom. The maximum Gasteiger partial charge on any atom is 0.338 e. The van der Waals surface area contributed by atoms with E-state index in [0.717, 1.165) is 6.42 Å². The summed E-state index contributed by atoms with van der Waals surface area (Å²) in [5.41, 5.74) is 5.59. The fourth-order valence-corrected chi connectivity index (χ4v) is 1.06. The molecule has 0 bridgehead atoms.